The zero-order chi connectivity index (χ0) is 18.5. The summed E-state index contributed by atoms with van der Waals surface area (Å²) in [5, 5.41) is 1.81. The van der Waals surface area contributed by atoms with Crippen LogP contribution in [0.1, 0.15) is 12.0 Å². The Balaban J connectivity index is 1.44. The van der Waals surface area contributed by atoms with Crippen LogP contribution in [0.3, 0.4) is 0 Å². The molecule has 4 rings (SSSR count). The molecule has 1 amide bonds. The fraction of sp³-hybridized carbons (Fsp3) is 0.136. The molecular formula is C22H20N2O3. The van der Waals surface area contributed by atoms with Gasteiger partial charge in [-0.15, -0.1) is 0 Å². The van der Waals surface area contributed by atoms with Gasteiger partial charge in [0.05, 0.1) is 11.4 Å². The number of amides is 1. The number of hydrogen-bond acceptors (Lipinski definition) is 4. The molecule has 1 aliphatic rings. The monoisotopic (exact) mass is 360 g/mol. The van der Waals surface area contributed by atoms with E-state index in [-0.39, 0.29) is 12.7 Å². The highest BCUT2D eigenvalue weighted by atomic mass is 16.7. The maximum atomic E-state index is 12.6. The molecule has 0 atom stereocenters. The molecule has 0 spiro atoms. The van der Waals surface area contributed by atoms with E-state index in [0.29, 0.717) is 12.8 Å². The Hall–Kier alpha value is -3.47. The Bertz CT molecular complexity index is 874. The summed E-state index contributed by atoms with van der Waals surface area (Å²) < 4.78 is 10.7. The van der Waals surface area contributed by atoms with Gasteiger partial charge in [-0.2, -0.15) is 0 Å². The van der Waals surface area contributed by atoms with Gasteiger partial charge >= 0.3 is 0 Å². The minimum Gasteiger partial charge on any atom is -0.454 e. The van der Waals surface area contributed by atoms with E-state index in [4.69, 9.17) is 9.47 Å². The molecule has 0 aromatic heterocycles. The van der Waals surface area contributed by atoms with Crippen LogP contribution in [0.15, 0.2) is 78.9 Å². The zero-order valence-corrected chi connectivity index (χ0v) is 14.8. The van der Waals surface area contributed by atoms with E-state index in [1.54, 1.807) is 0 Å². The molecule has 0 saturated heterocycles. The largest absolute Gasteiger partial charge is 0.454 e. The molecule has 27 heavy (non-hydrogen) atoms. The van der Waals surface area contributed by atoms with E-state index >= 15 is 0 Å². The smallest absolute Gasteiger partial charge is 0.239 e. The summed E-state index contributed by atoms with van der Waals surface area (Å²) in [6.07, 6.45) is 0.996. The Morgan fingerprint density at radius 1 is 0.852 bits per heavy atom. The summed E-state index contributed by atoms with van der Waals surface area (Å²) in [5.74, 6) is 1.44. The van der Waals surface area contributed by atoms with Crippen molar-refractivity contribution in [2.24, 2.45) is 0 Å². The van der Waals surface area contributed by atoms with E-state index in [0.717, 1.165) is 28.4 Å². The second-order valence-corrected chi connectivity index (χ2v) is 6.23. The second-order valence-electron chi connectivity index (χ2n) is 6.23. The molecule has 3 aromatic rings. The van der Waals surface area contributed by atoms with Crippen molar-refractivity contribution in [3.05, 3.63) is 84.4 Å². The van der Waals surface area contributed by atoms with Gasteiger partial charge in [0, 0.05) is 6.42 Å². The van der Waals surface area contributed by atoms with E-state index in [1.807, 2.05) is 83.9 Å². The van der Waals surface area contributed by atoms with Gasteiger partial charge in [0.25, 0.3) is 0 Å². The van der Waals surface area contributed by atoms with Crippen molar-refractivity contribution in [1.82, 2.24) is 5.43 Å². The summed E-state index contributed by atoms with van der Waals surface area (Å²) in [6.45, 7) is 0.252. The number of anilines is 2. The molecule has 1 heterocycles. The fourth-order valence-electron chi connectivity index (χ4n) is 2.97. The van der Waals surface area contributed by atoms with Crippen molar-refractivity contribution in [2.75, 3.05) is 11.8 Å². The number of carbonyl (C=O) groups excluding carboxylic acids is 1. The van der Waals surface area contributed by atoms with E-state index in [9.17, 15) is 4.79 Å². The highest BCUT2D eigenvalue weighted by Gasteiger charge is 2.15. The first-order valence-electron chi connectivity index (χ1n) is 8.88. The van der Waals surface area contributed by atoms with E-state index in [2.05, 4.69) is 5.43 Å². The Morgan fingerprint density at radius 3 is 2.15 bits per heavy atom. The maximum absolute atomic E-state index is 12.6. The van der Waals surface area contributed by atoms with Crippen molar-refractivity contribution in [3.8, 4) is 11.5 Å². The summed E-state index contributed by atoms with van der Waals surface area (Å²) in [7, 11) is 0. The summed E-state index contributed by atoms with van der Waals surface area (Å²) >= 11 is 0. The first-order chi connectivity index (χ1) is 13.3. The zero-order valence-electron chi connectivity index (χ0n) is 14.8. The van der Waals surface area contributed by atoms with Crippen molar-refractivity contribution in [1.29, 1.82) is 0 Å². The molecule has 0 unspecified atom stereocenters. The first-order valence-corrected chi connectivity index (χ1v) is 8.88. The van der Waals surface area contributed by atoms with Gasteiger partial charge < -0.3 is 9.47 Å². The topological polar surface area (TPSA) is 50.8 Å². The minimum absolute atomic E-state index is 0.0552. The fourth-order valence-corrected chi connectivity index (χ4v) is 2.97. The van der Waals surface area contributed by atoms with Crippen molar-refractivity contribution in [2.45, 2.75) is 12.8 Å². The number of hydrazine groups is 1. The number of nitrogens with one attached hydrogen (secondary N) is 1. The molecule has 5 nitrogen and oxygen atoms in total. The van der Waals surface area contributed by atoms with Crippen LogP contribution in [0.4, 0.5) is 11.4 Å². The number of fused-ring (bicyclic) bond motifs is 1. The molecule has 3 aromatic carbocycles. The molecule has 1 N–H and O–H groups in total. The quantitative estimate of drug-likeness (QED) is 0.669. The lowest BCUT2D eigenvalue weighted by Gasteiger charge is -2.25. The van der Waals surface area contributed by atoms with E-state index < -0.39 is 0 Å². The Morgan fingerprint density at radius 2 is 1.48 bits per heavy atom. The molecule has 1 aliphatic heterocycles. The lowest BCUT2D eigenvalue weighted by Crippen LogP contribution is -2.39. The highest BCUT2D eigenvalue weighted by molar-refractivity contribution is 5.80. The molecule has 0 bridgehead atoms. The number of rotatable bonds is 6. The van der Waals surface area contributed by atoms with Gasteiger partial charge in [-0.1, -0.05) is 42.5 Å². The van der Waals surface area contributed by atoms with Crippen LogP contribution in [-0.2, 0) is 11.2 Å². The number of benzene rings is 3. The van der Waals surface area contributed by atoms with E-state index in [1.165, 1.54) is 0 Å². The molecule has 5 heteroatoms. The highest BCUT2D eigenvalue weighted by Crippen LogP contribution is 2.32. The summed E-state index contributed by atoms with van der Waals surface area (Å²) in [6, 6.07) is 25.3. The summed E-state index contributed by atoms with van der Waals surface area (Å²) in [4.78, 5) is 12.6. The molecule has 0 saturated carbocycles. The Kier molecular flexibility index (Phi) is 4.92. The third kappa shape index (κ3) is 4.03. The molecule has 0 aliphatic carbocycles. The number of hydrogen-bond donors (Lipinski definition) is 1. The van der Waals surface area contributed by atoms with Crippen LogP contribution in [0.5, 0.6) is 11.5 Å². The van der Waals surface area contributed by atoms with Gasteiger partial charge in [0.2, 0.25) is 12.7 Å². The number of carbonyl (C=O) groups is 1. The van der Waals surface area contributed by atoms with Crippen LogP contribution in [0, 0.1) is 0 Å². The van der Waals surface area contributed by atoms with Gasteiger partial charge in [-0.25, -0.2) is 0 Å². The average Bonchev–Trinajstić information content (AvgIpc) is 3.20. The van der Waals surface area contributed by atoms with Crippen LogP contribution in [-0.4, -0.2) is 12.7 Å². The predicted molar refractivity (Wildman–Crippen MR) is 104 cm³/mol. The van der Waals surface area contributed by atoms with Crippen molar-refractivity contribution >= 4 is 17.3 Å². The van der Waals surface area contributed by atoms with Crippen LogP contribution < -0.4 is 19.9 Å². The number of para-hydroxylation sites is 2. The SMILES string of the molecule is O=C(CCc1ccc2c(c1)OCO2)NN(c1ccccc1)c1ccccc1. The van der Waals surface area contributed by atoms with Crippen LogP contribution in [0.2, 0.25) is 0 Å². The third-order valence-electron chi connectivity index (χ3n) is 4.34. The standard InChI is InChI=1S/C22H20N2O3/c25-22(14-12-17-11-13-20-21(15-17)27-16-26-20)23-24(18-7-3-1-4-8-18)19-9-5-2-6-10-19/h1-11,13,15H,12,14,16H2,(H,23,25). The van der Waals surface area contributed by atoms with Crippen LogP contribution in [0.25, 0.3) is 0 Å². The first kappa shape index (κ1) is 17.0. The minimum atomic E-state index is -0.0552. The number of ether oxygens (including phenoxy) is 2. The van der Waals surface area contributed by atoms with Crippen molar-refractivity contribution < 1.29 is 14.3 Å². The molecule has 0 radical (unpaired) electrons. The lowest BCUT2D eigenvalue weighted by molar-refractivity contribution is -0.121. The predicted octanol–water partition coefficient (Wildman–Crippen LogP) is 4.22. The molecular weight excluding hydrogens is 340 g/mol. The maximum Gasteiger partial charge on any atom is 0.239 e. The van der Waals surface area contributed by atoms with Crippen LogP contribution >= 0.6 is 0 Å². The number of nitrogens with zero attached hydrogens (tertiary/aromatic N) is 1. The van der Waals surface area contributed by atoms with Gasteiger partial charge in [-0.05, 0) is 48.4 Å². The average molecular weight is 360 g/mol. The third-order valence-corrected chi connectivity index (χ3v) is 4.34. The van der Waals surface area contributed by atoms with Gasteiger partial charge in [0.15, 0.2) is 11.5 Å². The Labute approximate surface area is 158 Å². The van der Waals surface area contributed by atoms with Crippen molar-refractivity contribution in [3.63, 3.8) is 0 Å². The lowest BCUT2D eigenvalue weighted by atomic mass is 10.1. The second kappa shape index (κ2) is 7.83. The molecule has 0 fully saturated rings. The molecule has 136 valence electrons. The normalized spacial score (nSPS) is 11.9. The summed E-state index contributed by atoms with van der Waals surface area (Å²) in [5.41, 5.74) is 5.86. The van der Waals surface area contributed by atoms with Gasteiger partial charge in [0.1, 0.15) is 0 Å². The number of aryl methyl sites for hydroxylation is 1. The van der Waals surface area contributed by atoms with Gasteiger partial charge in [-0.3, -0.25) is 15.2 Å².